The fourth-order valence-electron chi connectivity index (χ4n) is 1.97. The Hall–Kier alpha value is -1.76. The van der Waals surface area contributed by atoms with Gasteiger partial charge in [0.2, 0.25) is 0 Å². The molecule has 0 aliphatic carbocycles. The minimum atomic E-state index is -4.55. The minimum Gasteiger partial charge on any atom is -0.493 e. The van der Waals surface area contributed by atoms with Gasteiger partial charge in [0.25, 0.3) is 0 Å². The SMILES string of the molecule is N=C(N)c1ccc(OCC2CCOC2)c(C(F)(F)F)c1. The van der Waals surface area contributed by atoms with Crippen molar-refractivity contribution in [3.8, 4) is 5.75 Å². The molecule has 0 spiro atoms. The molecular weight excluding hydrogens is 273 g/mol. The number of amidine groups is 1. The third kappa shape index (κ3) is 3.41. The molecule has 0 saturated carbocycles. The maximum Gasteiger partial charge on any atom is 0.419 e. The van der Waals surface area contributed by atoms with Crippen LogP contribution in [0.1, 0.15) is 17.5 Å². The lowest BCUT2D eigenvalue weighted by molar-refractivity contribution is -0.139. The lowest BCUT2D eigenvalue weighted by atomic mass is 10.1. The fraction of sp³-hybridized carbons (Fsp3) is 0.462. The normalized spacial score (nSPS) is 19.1. The van der Waals surface area contributed by atoms with Gasteiger partial charge in [-0.05, 0) is 24.6 Å². The van der Waals surface area contributed by atoms with Crippen LogP contribution in [0.2, 0.25) is 0 Å². The van der Waals surface area contributed by atoms with Gasteiger partial charge in [0.1, 0.15) is 11.6 Å². The summed E-state index contributed by atoms with van der Waals surface area (Å²) in [4.78, 5) is 0. The molecular formula is C13H15F3N2O2. The van der Waals surface area contributed by atoms with Crippen molar-refractivity contribution in [3.05, 3.63) is 29.3 Å². The van der Waals surface area contributed by atoms with E-state index in [0.29, 0.717) is 13.2 Å². The first-order chi connectivity index (χ1) is 9.38. The van der Waals surface area contributed by atoms with Crippen LogP contribution in [0.5, 0.6) is 5.75 Å². The second kappa shape index (κ2) is 5.70. The van der Waals surface area contributed by atoms with E-state index in [2.05, 4.69) is 0 Å². The molecule has 110 valence electrons. The number of halogens is 3. The van der Waals surface area contributed by atoms with Crippen LogP contribution < -0.4 is 10.5 Å². The summed E-state index contributed by atoms with van der Waals surface area (Å²) >= 11 is 0. The molecule has 3 N–H and O–H groups in total. The van der Waals surface area contributed by atoms with Gasteiger partial charge in [-0.15, -0.1) is 0 Å². The van der Waals surface area contributed by atoms with Crippen LogP contribution in [-0.2, 0) is 10.9 Å². The molecule has 0 bridgehead atoms. The summed E-state index contributed by atoms with van der Waals surface area (Å²) in [5.41, 5.74) is 4.32. The Labute approximate surface area is 114 Å². The summed E-state index contributed by atoms with van der Waals surface area (Å²) < 4.78 is 49.3. The number of hydrogen-bond donors (Lipinski definition) is 2. The lowest BCUT2D eigenvalue weighted by Gasteiger charge is -2.16. The van der Waals surface area contributed by atoms with Crippen LogP contribution in [0.4, 0.5) is 13.2 Å². The predicted molar refractivity (Wildman–Crippen MR) is 66.9 cm³/mol. The van der Waals surface area contributed by atoms with Gasteiger partial charge >= 0.3 is 6.18 Å². The van der Waals surface area contributed by atoms with Gasteiger partial charge in [0.05, 0.1) is 18.8 Å². The van der Waals surface area contributed by atoms with E-state index in [1.54, 1.807) is 0 Å². The van der Waals surface area contributed by atoms with E-state index < -0.39 is 17.6 Å². The topological polar surface area (TPSA) is 68.3 Å². The highest BCUT2D eigenvalue weighted by Gasteiger charge is 2.35. The highest BCUT2D eigenvalue weighted by molar-refractivity contribution is 5.95. The Morgan fingerprint density at radius 1 is 1.45 bits per heavy atom. The van der Waals surface area contributed by atoms with Gasteiger partial charge in [0, 0.05) is 18.1 Å². The van der Waals surface area contributed by atoms with Gasteiger partial charge in [-0.25, -0.2) is 0 Å². The Kier molecular flexibility index (Phi) is 4.17. The molecule has 1 aromatic carbocycles. The first kappa shape index (κ1) is 14.6. The van der Waals surface area contributed by atoms with Crippen molar-refractivity contribution in [1.29, 1.82) is 5.41 Å². The molecule has 1 atom stereocenters. The Morgan fingerprint density at radius 2 is 2.20 bits per heavy atom. The van der Waals surface area contributed by atoms with E-state index >= 15 is 0 Å². The molecule has 1 heterocycles. The quantitative estimate of drug-likeness (QED) is 0.660. The highest BCUT2D eigenvalue weighted by Crippen LogP contribution is 2.37. The Bertz CT molecular complexity index is 497. The molecule has 1 aliphatic rings. The largest absolute Gasteiger partial charge is 0.493 e. The summed E-state index contributed by atoms with van der Waals surface area (Å²) in [5, 5.41) is 7.20. The first-order valence-corrected chi connectivity index (χ1v) is 6.14. The summed E-state index contributed by atoms with van der Waals surface area (Å²) in [6.07, 6.45) is -3.76. The van der Waals surface area contributed by atoms with E-state index in [1.807, 2.05) is 0 Å². The monoisotopic (exact) mass is 288 g/mol. The third-order valence-electron chi connectivity index (χ3n) is 3.09. The van der Waals surface area contributed by atoms with Gasteiger partial charge in [-0.2, -0.15) is 13.2 Å². The molecule has 1 unspecified atom stereocenters. The van der Waals surface area contributed by atoms with E-state index in [0.717, 1.165) is 12.5 Å². The molecule has 0 aromatic heterocycles. The molecule has 2 rings (SSSR count). The zero-order valence-corrected chi connectivity index (χ0v) is 10.7. The molecule has 1 aliphatic heterocycles. The number of rotatable bonds is 4. The molecule has 1 aromatic rings. The maximum atomic E-state index is 13.0. The number of nitrogens with two attached hydrogens (primary N) is 1. The van der Waals surface area contributed by atoms with Gasteiger partial charge < -0.3 is 15.2 Å². The van der Waals surface area contributed by atoms with Crippen LogP contribution in [0.25, 0.3) is 0 Å². The van der Waals surface area contributed by atoms with Crippen molar-refractivity contribution in [1.82, 2.24) is 0 Å². The maximum absolute atomic E-state index is 13.0. The van der Waals surface area contributed by atoms with Crippen LogP contribution in [-0.4, -0.2) is 25.7 Å². The molecule has 7 heteroatoms. The second-order valence-corrected chi connectivity index (χ2v) is 4.66. The van der Waals surface area contributed by atoms with Gasteiger partial charge in [-0.1, -0.05) is 0 Å². The lowest BCUT2D eigenvalue weighted by Crippen LogP contribution is -2.17. The van der Waals surface area contributed by atoms with Crippen LogP contribution in [0.15, 0.2) is 18.2 Å². The van der Waals surface area contributed by atoms with E-state index in [9.17, 15) is 13.2 Å². The van der Waals surface area contributed by atoms with Crippen molar-refractivity contribution in [2.24, 2.45) is 11.7 Å². The van der Waals surface area contributed by atoms with Crippen molar-refractivity contribution in [2.45, 2.75) is 12.6 Å². The number of nitrogen functional groups attached to an aromatic ring is 1. The van der Waals surface area contributed by atoms with Crippen molar-refractivity contribution >= 4 is 5.84 Å². The third-order valence-corrected chi connectivity index (χ3v) is 3.09. The summed E-state index contributed by atoms with van der Waals surface area (Å²) in [7, 11) is 0. The van der Waals surface area contributed by atoms with Crippen molar-refractivity contribution in [2.75, 3.05) is 19.8 Å². The molecule has 4 nitrogen and oxygen atoms in total. The molecule has 1 fully saturated rings. The second-order valence-electron chi connectivity index (χ2n) is 4.66. The molecule has 20 heavy (non-hydrogen) atoms. The van der Waals surface area contributed by atoms with E-state index in [4.69, 9.17) is 20.6 Å². The standard InChI is InChI=1S/C13H15F3N2O2/c14-13(15,16)10-5-9(12(17)18)1-2-11(10)20-7-8-3-4-19-6-8/h1-2,5,8H,3-4,6-7H2,(H3,17,18). The summed E-state index contributed by atoms with van der Waals surface area (Å²) in [6, 6.07) is 3.39. The average molecular weight is 288 g/mol. The van der Waals surface area contributed by atoms with E-state index in [1.165, 1.54) is 12.1 Å². The number of ether oxygens (including phenoxy) is 2. The number of hydrogen-bond acceptors (Lipinski definition) is 3. The van der Waals surface area contributed by atoms with Crippen molar-refractivity contribution in [3.63, 3.8) is 0 Å². The molecule has 0 radical (unpaired) electrons. The number of alkyl halides is 3. The Balaban J connectivity index is 2.19. The van der Waals surface area contributed by atoms with Crippen molar-refractivity contribution < 1.29 is 22.6 Å². The number of benzene rings is 1. The Morgan fingerprint density at radius 3 is 2.75 bits per heavy atom. The smallest absolute Gasteiger partial charge is 0.419 e. The average Bonchev–Trinajstić information content (AvgIpc) is 2.88. The summed E-state index contributed by atoms with van der Waals surface area (Å²) in [6.45, 7) is 1.30. The highest BCUT2D eigenvalue weighted by atomic mass is 19.4. The minimum absolute atomic E-state index is 0.0221. The van der Waals surface area contributed by atoms with Gasteiger partial charge in [-0.3, -0.25) is 5.41 Å². The van der Waals surface area contributed by atoms with Crippen LogP contribution in [0.3, 0.4) is 0 Å². The summed E-state index contributed by atoms with van der Waals surface area (Å²) in [5.74, 6) is -0.538. The van der Waals surface area contributed by atoms with Crippen LogP contribution >= 0.6 is 0 Å². The fourth-order valence-corrected chi connectivity index (χ4v) is 1.97. The van der Waals surface area contributed by atoms with Crippen LogP contribution in [0, 0.1) is 11.3 Å². The zero-order valence-electron chi connectivity index (χ0n) is 10.7. The molecule has 0 amide bonds. The van der Waals surface area contributed by atoms with E-state index in [-0.39, 0.29) is 23.8 Å². The first-order valence-electron chi connectivity index (χ1n) is 6.14. The predicted octanol–water partition coefficient (Wildman–Crippen LogP) is 2.40. The number of nitrogens with one attached hydrogen (secondary N) is 1. The van der Waals surface area contributed by atoms with Gasteiger partial charge in [0.15, 0.2) is 0 Å². The zero-order chi connectivity index (χ0) is 14.8. The molecule has 1 saturated heterocycles.